The number of carbonyl (C=O) groups is 1. The Hall–Kier alpha value is -0.700. The molecule has 0 aliphatic rings. The number of methoxy groups -OCH3 is 1. The second-order valence-corrected chi connectivity index (χ2v) is 7.25. The zero-order valence-electron chi connectivity index (χ0n) is 14.1. The third-order valence-electron chi connectivity index (χ3n) is 3.62. The SMILES string of the molecule is COC(C)c1nc(CNC(=O)C(C)(N)c2ccc(Br)cc2)cs1.Cl.Cl. The first-order valence-corrected chi connectivity index (χ1v) is 8.82. The third-order valence-corrected chi connectivity index (χ3v) is 5.20. The third kappa shape index (κ3) is 6.20. The van der Waals surface area contributed by atoms with Crippen LogP contribution in [0.2, 0.25) is 0 Å². The second kappa shape index (κ2) is 10.4. The molecule has 0 spiro atoms. The summed E-state index contributed by atoms with van der Waals surface area (Å²) in [6.45, 7) is 3.98. The lowest BCUT2D eigenvalue weighted by Gasteiger charge is -2.24. The number of ether oxygens (including phenoxy) is 1. The first-order chi connectivity index (χ1) is 10.8. The summed E-state index contributed by atoms with van der Waals surface area (Å²) in [6, 6.07) is 7.41. The number of hydrogen-bond donors (Lipinski definition) is 2. The maximum absolute atomic E-state index is 12.4. The molecule has 0 radical (unpaired) electrons. The van der Waals surface area contributed by atoms with Gasteiger partial charge in [-0.1, -0.05) is 28.1 Å². The second-order valence-electron chi connectivity index (χ2n) is 5.45. The van der Waals surface area contributed by atoms with Crippen LogP contribution in [0.5, 0.6) is 0 Å². The van der Waals surface area contributed by atoms with Crippen LogP contribution in [-0.2, 0) is 21.6 Å². The first kappa shape index (κ1) is 24.3. The predicted molar refractivity (Wildman–Crippen MR) is 110 cm³/mol. The van der Waals surface area contributed by atoms with Crippen LogP contribution in [0.4, 0.5) is 0 Å². The van der Waals surface area contributed by atoms with Gasteiger partial charge in [0.15, 0.2) is 0 Å². The summed E-state index contributed by atoms with van der Waals surface area (Å²) in [5, 5.41) is 5.65. The van der Waals surface area contributed by atoms with E-state index in [4.69, 9.17) is 10.5 Å². The Morgan fingerprint density at radius 1 is 1.40 bits per heavy atom. The summed E-state index contributed by atoms with van der Waals surface area (Å²) in [7, 11) is 1.64. The van der Waals surface area contributed by atoms with Gasteiger partial charge in [0.2, 0.25) is 5.91 Å². The van der Waals surface area contributed by atoms with Crippen molar-refractivity contribution in [3.63, 3.8) is 0 Å². The van der Waals surface area contributed by atoms with Crippen molar-refractivity contribution in [3.8, 4) is 0 Å². The molecule has 2 atom stereocenters. The molecular weight excluding hydrogens is 449 g/mol. The van der Waals surface area contributed by atoms with E-state index < -0.39 is 5.54 Å². The fourth-order valence-electron chi connectivity index (χ4n) is 1.97. The molecule has 5 nitrogen and oxygen atoms in total. The van der Waals surface area contributed by atoms with E-state index in [1.165, 1.54) is 11.3 Å². The molecule has 9 heteroatoms. The van der Waals surface area contributed by atoms with Crippen molar-refractivity contribution in [2.45, 2.75) is 32.0 Å². The molecule has 0 saturated carbocycles. The average Bonchev–Trinajstić information content (AvgIpc) is 3.01. The fourth-order valence-corrected chi connectivity index (χ4v) is 3.09. The molecule has 1 aromatic heterocycles. The summed E-state index contributed by atoms with van der Waals surface area (Å²) >= 11 is 4.89. The van der Waals surface area contributed by atoms with Crippen LogP contribution in [-0.4, -0.2) is 18.0 Å². The molecule has 1 amide bonds. The summed E-state index contributed by atoms with van der Waals surface area (Å²) in [5.74, 6) is -0.242. The van der Waals surface area contributed by atoms with E-state index in [9.17, 15) is 4.79 Å². The zero-order chi connectivity index (χ0) is 17.0. The minimum atomic E-state index is -1.10. The molecular formula is C16H22BrCl2N3O2S. The number of benzene rings is 1. The fraction of sp³-hybridized carbons (Fsp3) is 0.375. The number of aromatic nitrogens is 1. The largest absolute Gasteiger partial charge is 0.375 e. The Kier molecular flexibility index (Phi) is 10.2. The smallest absolute Gasteiger partial charge is 0.244 e. The highest BCUT2D eigenvalue weighted by Gasteiger charge is 2.30. The van der Waals surface area contributed by atoms with Crippen LogP contribution < -0.4 is 11.1 Å². The molecule has 2 aromatic rings. The van der Waals surface area contributed by atoms with Gasteiger partial charge in [0.1, 0.15) is 16.7 Å². The van der Waals surface area contributed by atoms with Crippen LogP contribution in [0.3, 0.4) is 0 Å². The van der Waals surface area contributed by atoms with E-state index in [1.807, 2.05) is 36.6 Å². The average molecular weight is 471 g/mol. The molecule has 0 fully saturated rings. The predicted octanol–water partition coefficient (Wildman–Crippen LogP) is 3.95. The lowest BCUT2D eigenvalue weighted by Crippen LogP contribution is -2.48. The molecule has 0 aliphatic carbocycles. The van der Waals surface area contributed by atoms with Crippen LogP contribution in [0.25, 0.3) is 0 Å². The van der Waals surface area contributed by atoms with Crippen molar-refractivity contribution in [3.05, 3.63) is 50.4 Å². The van der Waals surface area contributed by atoms with E-state index >= 15 is 0 Å². The Morgan fingerprint density at radius 3 is 2.56 bits per heavy atom. The van der Waals surface area contributed by atoms with E-state index in [0.29, 0.717) is 6.54 Å². The van der Waals surface area contributed by atoms with Crippen molar-refractivity contribution in [2.75, 3.05) is 7.11 Å². The molecule has 3 N–H and O–H groups in total. The molecule has 2 rings (SSSR count). The van der Waals surface area contributed by atoms with Crippen LogP contribution in [0.15, 0.2) is 34.1 Å². The topological polar surface area (TPSA) is 77.2 Å². The van der Waals surface area contributed by atoms with E-state index in [1.54, 1.807) is 14.0 Å². The molecule has 1 heterocycles. The number of amides is 1. The summed E-state index contributed by atoms with van der Waals surface area (Å²) in [4.78, 5) is 16.9. The minimum absolute atomic E-state index is 0. The quantitative estimate of drug-likeness (QED) is 0.669. The molecule has 140 valence electrons. The van der Waals surface area contributed by atoms with Crippen molar-refractivity contribution in [1.29, 1.82) is 0 Å². The van der Waals surface area contributed by atoms with Crippen molar-refractivity contribution >= 4 is 58.0 Å². The molecule has 2 unspecified atom stereocenters. The van der Waals surface area contributed by atoms with Crippen LogP contribution in [0.1, 0.15) is 36.2 Å². The highest BCUT2D eigenvalue weighted by Crippen LogP contribution is 2.22. The Morgan fingerprint density at radius 2 is 2.00 bits per heavy atom. The van der Waals surface area contributed by atoms with Gasteiger partial charge in [-0.3, -0.25) is 4.79 Å². The summed E-state index contributed by atoms with van der Waals surface area (Å²) in [5.41, 5.74) is 6.66. The van der Waals surface area contributed by atoms with Gasteiger partial charge in [0.05, 0.1) is 12.2 Å². The number of carbonyl (C=O) groups excluding carboxylic acids is 1. The van der Waals surface area contributed by atoms with Crippen LogP contribution in [0, 0.1) is 0 Å². The highest BCUT2D eigenvalue weighted by molar-refractivity contribution is 9.10. The van der Waals surface area contributed by atoms with Gasteiger partial charge in [0.25, 0.3) is 0 Å². The minimum Gasteiger partial charge on any atom is -0.375 e. The van der Waals surface area contributed by atoms with Crippen molar-refractivity contribution in [1.82, 2.24) is 10.3 Å². The molecule has 25 heavy (non-hydrogen) atoms. The Bertz CT molecular complexity index is 680. The highest BCUT2D eigenvalue weighted by atomic mass is 79.9. The summed E-state index contributed by atoms with van der Waals surface area (Å²) < 4.78 is 6.18. The van der Waals surface area contributed by atoms with Gasteiger partial charge in [0, 0.05) is 17.0 Å². The normalized spacial score (nSPS) is 13.8. The van der Waals surface area contributed by atoms with E-state index in [-0.39, 0.29) is 36.8 Å². The van der Waals surface area contributed by atoms with E-state index in [2.05, 4.69) is 26.2 Å². The van der Waals surface area contributed by atoms with Gasteiger partial charge < -0.3 is 15.8 Å². The maximum Gasteiger partial charge on any atom is 0.244 e. The molecule has 0 saturated heterocycles. The monoisotopic (exact) mass is 469 g/mol. The molecule has 1 aromatic carbocycles. The van der Waals surface area contributed by atoms with Gasteiger partial charge in [-0.2, -0.15) is 0 Å². The number of thiazole rings is 1. The number of nitrogens with two attached hydrogens (primary N) is 1. The Balaban J connectivity index is 0.00000288. The molecule has 0 bridgehead atoms. The number of rotatable bonds is 6. The number of nitrogens with one attached hydrogen (secondary N) is 1. The number of nitrogens with zero attached hydrogens (tertiary/aromatic N) is 1. The first-order valence-electron chi connectivity index (χ1n) is 7.15. The lowest BCUT2D eigenvalue weighted by atomic mass is 9.92. The van der Waals surface area contributed by atoms with Gasteiger partial charge >= 0.3 is 0 Å². The standard InChI is InChI=1S/C16H20BrN3O2S.2ClH/c1-10(22-3)14-20-13(9-23-14)8-19-15(21)16(2,18)11-4-6-12(17)7-5-11;;/h4-7,9-10H,8,18H2,1-3H3,(H,19,21);2*1H. The summed E-state index contributed by atoms with van der Waals surface area (Å²) in [6.07, 6.45) is -0.0491. The lowest BCUT2D eigenvalue weighted by molar-refractivity contribution is -0.126. The van der Waals surface area contributed by atoms with Crippen molar-refractivity contribution < 1.29 is 9.53 Å². The van der Waals surface area contributed by atoms with Gasteiger partial charge in [-0.25, -0.2) is 4.98 Å². The van der Waals surface area contributed by atoms with Crippen LogP contribution >= 0.6 is 52.1 Å². The molecule has 0 aliphatic heterocycles. The number of hydrogen-bond acceptors (Lipinski definition) is 5. The maximum atomic E-state index is 12.4. The van der Waals surface area contributed by atoms with Crippen molar-refractivity contribution in [2.24, 2.45) is 5.73 Å². The number of halogens is 3. The Labute approximate surface area is 172 Å². The zero-order valence-corrected chi connectivity index (χ0v) is 18.2. The van der Waals surface area contributed by atoms with Gasteiger partial charge in [-0.15, -0.1) is 36.2 Å². The van der Waals surface area contributed by atoms with E-state index in [0.717, 1.165) is 20.7 Å². The van der Waals surface area contributed by atoms with Gasteiger partial charge in [-0.05, 0) is 31.5 Å².